The molecule has 1 aromatic rings. The molecule has 0 spiro atoms. The number of hydrogen-bond donors (Lipinski definition) is 1. The van der Waals surface area contributed by atoms with Crippen LogP contribution in [0.2, 0.25) is 0 Å². The summed E-state index contributed by atoms with van der Waals surface area (Å²) in [5, 5.41) is 3.38. The highest BCUT2D eigenvalue weighted by Gasteiger charge is 2.05. The van der Waals surface area contributed by atoms with Crippen molar-refractivity contribution in [3.63, 3.8) is 0 Å². The molecule has 0 radical (unpaired) electrons. The molecule has 1 rings (SSSR count). The van der Waals surface area contributed by atoms with E-state index < -0.39 is 0 Å². The van der Waals surface area contributed by atoms with Gasteiger partial charge in [-0.2, -0.15) is 0 Å². The third kappa shape index (κ3) is 6.66. The summed E-state index contributed by atoms with van der Waals surface area (Å²) in [6.45, 7) is 9.87. The topological polar surface area (TPSA) is 37.4 Å². The highest BCUT2D eigenvalue weighted by Crippen LogP contribution is 2.04. The third-order valence-corrected chi connectivity index (χ3v) is 3.04. The lowest BCUT2D eigenvalue weighted by atomic mass is 10.2. The van der Waals surface area contributed by atoms with Gasteiger partial charge in [0.15, 0.2) is 0 Å². The molecule has 0 bridgehead atoms. The molecule has 0 amide bonds. The molecular weight excluding hydrogens is 238 g/mol. The van der Waals surface area contributed by atoms with E-state index >= 15 is 0 Å². The fourth-order valence-electron chi connectivity index (χ4n) is 1.91. The number of rotatable bonds is 10. The first-order chi connectivity index (χ1) is 9.30. The van der Waals surface area contributed by atoms with E-state index in [-0.39, 0.29) is 0 Å². The van der Waals surface area contributed by atoms with Crippen molar-refractivity contribution in [3.8, 4) is 0 Å². The Hall–Kier alpha value is -0.970. The van der Waals surface area contributed by atoms with Crippen LogP contribution >= 0.6 is 0 Å². The molecule has 0 fully saturated rings. The van der Waals surface area contributed by atoms with Crippen molar-refractivity contribution in [1.82, 2.24) is 15.2 Å². The summed E-state index contributed by atoms with van der Waals surface area (Å²) in [7, 11) is 1.74. The number of pyridine rings is 1. The quantitative estimate of drug-likeness (QED) is 0.657. The molecule has 4 heteroatoms. The van der Waals surface area contributed by atoms with Gasteiger partial charge in [0.25, 0.3) is 0 Å². The first-order valence-corrected chi connectivity index (χ1v) is 7.17. The molecule has 1 aromatic heterocycles. The Kier molecular flexibility index (Phi) is 8.38. The zero-order valence-corrected chi connectivity index (χ0v) is 12.5. The minimum atomic E-state index is 0.769. The second-order valence-electron chi connectivity index (χ2n) is 4.66. The lowest BCUT2D eigenvalue weighted by Crippen LogP contribution is -2.27. The molecule has 0 aromatic carbocycles. The van der Waals surface area contributed by atoms with Gasteiger partial charge in [-0.3, -0.25) is 9.88 Å². The molecule has 0 aliphatic rings. The highest BCUT2D eigenvalue weighted by atomic mass is 16.5. The molecule has 0 aliphatic carbocycles. The van der Waals surface area contributed by atoms with E-state index in [1.54, 1.807) is 7.11 Å². The average Bonchev–Trinajstić information content (AvgIpc) is 2.44. The Labute approximate surface area is 117 Å². The first-order valence-electron chi connectivity index (χ1n) is 7.17. The number of aromatic nitrogens is 1. The van der Waals surface area contributed by atoms with Crippen LogP contribution in [0, 0.1) is 0 Å². The summed E-state index contributed by atoms with van der Waals surface area (Å²) >= 11 is 0. The normalized spacial score (nSPS) is 11.2. The number of likely N-dealkylation sites (N-methyl/N-ethyl adjacent to an activating group) is 1. The van der Waals surface area contributed by atoms with Gasteiger partial charge in [-0.05, 0) is 31.6 Å². The van der Waals surface area contributed by atoms with Gasteiger partial charge in [0.2, 0.25) is 0 Å². The van der Waals surface area contributed by atoms with Crippen LogP contribution in [-0.4, -0.2) is 43.2 Å². The van der Waals surface area contributed by atoms with Crippen molar-refractivity contribution >= 4 is 0 Å². The largest absolute Gasteiger partial charge is 0.383 e. The zero-order valence-electron chi connectivity index (χ0n) is 12.5. The standard InChI is InChI=1S/C15H27N3O/c1-4-9-16-12-14-7-6-8-15(17-14)13-18(5-2)10-11-19-3/h6-8,16H,4-5,9-13H2,1-3H3. The van der Waals surface area contributed by atoms with E-state index in [4.69, 9.17) is 9.72 Å². The van der Waals surface area contributed by atoms with Gasteiger partial charge < -0.3 is 10.1 Å². The van der Waals surface area contributed by atoms with Crippen LogP contribution in [0.15, 0.2) is 18.2 Å². The van der Waals surface area contributed by atoms with E-state index in [9.17, 15) is 0 Å². The maximum Gasteiger partial charge on any atom is 0.0589 e. The van der Waals surface area contributed by atoms with E-state index in [1.165, 1.54) is 0 Å². The lowest BCUT2D eigenvalue weighted by Gasteiger charge is -2.19. The molecular formula is C15H27N3O. The van der Waals surface area contributed by atoms with Gasteiger partial charge in [-0.1, -0.05) is 19.9 Å². The van der Waals surface area contributed by atoms with Gasteiger partial charge in [0.1, 0.15) is 0 Å². The van der Waals surface area contributed by atoms with Gasteiger partial charge >= 0.3 is 0 Å². The summed E-state index contributed by atoms with van der Waals surface area (Å²) in [5.41, 5.74) is 2.25. The van der Waals surface area contributed by atoms with E-state index in [1.807, 2.05) is 0 Å². The minimum absolute atomic E-state index is 0.769. The first kappa shape index (κ1) is 16.1. The van der Waals surface area contributed by atoms with Crippen LogP contribution in [0.5, 0.6) is 0 Å². The predicted molar refractivity (Wildman–Crippen MR) is 79.1 cm³/mol. The van der Waals surface area contributed by atoms with Crippen LogP contribution in [0.1, 0.15) is 31.7 Å². The van der Waals surface area contributed by atoms with Crippen LogP contribution < -0.4 is 5.32 Å². The summed E-state index contributed by atoms with van der Waals surface area (Å²) in [4.78, 5) is 7.04. The van der Waals surface area contributed by atoms with Crippen LogP contribution in [0.3, 0.4) is 0 Å². The van der Waals surface area contributed by atoms with Crippen LogP contribution in [0.25, 0.3) is 0 Å². The summed E-state index contributed by atoms with van der Waals surface area (Å²) in [6, 6.07) is 6.27. The van der Waals surface area contributed by atoms with E-state index in [0.717, 1.165) is 57.1 Å². The van der Waals surface area contributed by atoms with Gasteiger partial charge in [0.05, 0.1) is 18.0 Å². The number of nitrogens with one attached hydrogen (secondary N) is 1. The molecule has 0 saturated carbocycles. The number of nitrogens with zero attached hydrogens (tertiary/aromatic N) is 2. The molecule has 0 unspecified atom stereocenters. The maximum atomic E-state index is 5.13. The smallest absolute Gasteiger partial charge is 0.0589 e. The molecule has 4 nitrogen and oxygen atoms in total. The molecule has 1 N–H and O–H groups in total. The molecule has 0 saturated heterocycles. The predicted octanol–water partition coefficient (Wildman–Crippen LogP) is 2.05. The fourth-order valence-corrected chi connectivity index (χ4v) is 1.91. The van der Waals surface area contributed by atoms with Crippen molar-refractivity contribution in [3.05, 3.63) is 29.6 Å². The molecule has 108 valence electrons. The molecule has 19 heavy (non-hydrogen) atoms. The number of hydrogen-bond acceptors (Lipinski definition) is 4. The SMILES string of the molecule is CCCNCc1cccc(CN(CC)CCOC)n1. The van der Waals surface area contributed by atoms with Gasteiger partial charge in [-0.15, -0.1) is 0 Å². The highest BCUT2D eigenvalue weighted by molar-refractivity contribution is 5.11. The van der Waals surface area contributed by atoms with Crippen molar-refractivity contribution < 1.29 is 4.74 Å². The molecule has 1 heterocycles. The Morgan fingerprint density at radius 3 is 2.74 bits per heavy atom. The number of methoxy groups -OCH3 is 1. The van der Waals surface area contributed by atoms with Gasteiger partial charge in [-0.25, -0.2) is 0 Å². The Morgan fingerprint density at radius 2 is 2.05 bits per heavy atom. The van der Waals surface area contributed by atoms with E-state index in [2.05, 4.69) is 42.3 Å². The van der Waals surface area contributed by atoms with E-state index in [0.29, 0.717) is 0 Å². The average molecular weight is 265 g/mol. The molecule has 0 atom stereocenters. The summed E-state index contributed by atoms with van der Waals surface area (Å²) < 4.78 is 5.13. The van der Waals surface area contributed by atoms with Crippen LogP contribution in [-0.2, 0) is 17.8 Å². The fraction of sp³-hybridized carbons (Fsp3) is 0.667. The van der Waals surface area contributed by atoms with Gasteiger partial charge in [0, 0.05) is 26.7 Å². The van der Waals surface area contributed by atoms with Crippen molar-refractivity contribution in [2.45, 2.75) is 33.4 Å². The summed E-state index contributed by atoms with van der Waals surface area (Å²) in [5.74, 6) is 0. The Morgan fingerprint density at radius 1 is 1.26 bits per heavy atom. The Bertz CT molecular complexity index is 344. The second kappa shape index (κ2) is 9.89. The van der Waals surface area contributed by atoms with Crippen molar-refractivity contribution in [1.29, 1.82) is 0 Å². The Balaban J connectivity index is 2.49. The third-order valence-electron chi connectivity index (χ3n) is 3.04. The lowest BCUT2D eigenvalue weighted by molar-refractivity contribution is 0.146. The van der Waals surface area contributed by atoms with Crippen molar-refractivity contribution in [2.24, 2.45) is 0 Å². The maximum absolute atomic E-state index is 5.13. The number of ether oxygens (including phenoxy) is 1. The molecule has 0 aliphatic heterocycles. The zero-order chi connectivity index (χ0) is 13.9. The van der Waals surface area contributed by atoms with Crippen LogP contribution in [0.4, 0.5) is 0 Å². The minimum Gasteiger partial charge on any atom is -0.383 e. The summed E-state index contributed by atoms with van der Waals surface area (Å²) in [6.07, 6.45) is 1.15. The monoisotopic (exact) mass is 265 g/mol. The second-order valence-corrected chi connectivity index (χ2v) is 4.66. The van der Waals surface area contributed by atoms with Crippen molar-refractivity contribution in [2.75, 3.05) is 33.4 Å².